The zero-order valence-electron chi connectivity index (χ0n) is 12.6. The Morgan fingerprint density at radius 3 is 2.47 bits per heavy atom. The first-order valence-corrected chi connectivity index (χ1v) is 6.50. The number of esters is 1. The molecule has 19 heavy (non-hydrogen) atoms. The zero-order chi connectivity index (χ0) is 13.8. The Kier molecular flexibility index (Phi) is 17.5. The van der Waals surface area contributed by atoms with Crippen LogP contribution in [0.5, 0.6) is 0 Å². The molecule has 0 aromatic carbocycles. The molecule has 0 aliphatic carbocycles. The van der Waals surface area contributed by atoms with Crippen molar-refractivity contribution in [3.8, 4) is 0 Å². The van der Waals surface area contributed by atoms with Crippen LogP contribution in [0.2, 0.25) is 0 Å². The van der Waals surface area contributed by atoms with E-state index in [1.807, 2.05) is 20.8 Å². The van der Waals surface area contributed by atoms with Crippen molar-refractivity contribution in [1.82, 2.24) is 0 Å². The van der Waals surface area contributed by atoms with Crippen molar-refractivity contribution in [1.29, 1.82) is 0 Å². The number of rotatable bonds is 10. The van der Waals surface area contributed by atoms with Crippen LogP contribution in [0.1, 0.15) is 40.0 Å². The van der Waals surface area contributed by atoms with E-state index in [1.165, 1.54) is 0 Å². The monoisotopic (exact) mass is 343 g/mol. The third-order valence-corrected chi connectivity index (χ3v) is 2.01. The molecule has 0 aliphatic heterocycles. The van der Waals surface area contributed by atoms with Crippen molar-refractivity contribution in [2.45, 2.75) is 40.0 Å². The van der Waals surface area contributed by atoms with Gasteiger partial charge in [0.15, 0.2) is 0 Å². The van der Waals surface area contributed by atoms with Crippen LogP contribution in [-0.2, 0) is 19.1 Å². The van der Waals surface area contributed by atoms with Gasteiger partial charge in [0.25, 0.3) is 0 Å². The van der Waals surface area contributed by atoms with Gasteiger partial charge in [0.05, 0.1) is 25.7 Å². The molecule has 0 rings (SSSR count). The minimum absolute atomic E-state index is 0. The summed E-state index contributed by atoms with van der Waals surface area (Å²) in [4.78, 5) is 22.3. The molecule has 0 saturated heterocycles. The number of carbonyl (C=O) groups excluding carboxylic acids is 2. The van der Waals surface area contributed by atoms with Crippen LogP contribution in [-0.4, -0.2) is 38.2 Å². The second-order valence-electron chi connectivity index (χ2n) is 4.50. The van der Waals surface area contributed by atoms with Gasteiger partial charge in [-0.25, -0.2) is 0 Å². The third-order valence-electron chi connectivity index (χ3n) is 2.01. The predicted octanol–water partition coefficient (Wildman–Crippen LogP) is -0.703. The summed E-state index contributed by atoms with van der Waals surface area (Å²) in [6.07, 6.45) is 1.90. The van der Waals surface area contributed by atoms with Crippen molar-refractivity contribution >= 4 is 11.9 Å². The molecule has 0 N–H and O–H groups in total. The van der Waals surface area contributed by atoms with E-state index < -0.39 is 0 Å². The normalized spacial score (nSPS) is 9.89. The second kappa shape index (κ2) is 15.1. The Morgan fingerprint density at radius 1 is 1.21 bits per heavy atom. The Morgan fingerprint density at radius 2 is 1.89 bits per heavy atom. The summed E-state index contributed by atoms with van der Waals surface area (Å²) >= 11 is 0. The topological polar surface area (TPSA) is 66.7 Å². The van der Waals surface area contributed by atoms with Gasteiger partial charge in [-0.05, 0) is 5.92 Å². The molecule has 0 bridgehead atoms. The van der Waals surface area contributed by atoms with Crippen molar-refractivity contribution in [2.24, 2.45) is 5.92 Å². The van der Waals surface area contributed by atoms with Gasteiger partial charge >= 0.3 is 64.2 Å². The van der Waals surface area contributed by atoms with E-state index in [2.05, 4.69) is 5.32 Å². The van der Waals surface area contributed by atoms with E-state index in [9.17, 15) is 9.59 Å². The molecular formula is C13H24NO4Rb. The molecule has 0 fully saturated rings. The molecule has 0 aliphatic rings. The zero-order valence-corrected chi connectivity index (χ0v) is 17.5. The third kappa shape index (κ3) is 16.7. The number of amides is 1. The Bertz CT molecular complexity index is 247. The average molecular weight is 344 g/mol. The number of hydrogen-bond acceptors (Lipinski definition) is 4. The van der Waals surface area contributed by atoms with E-state index in [-0.39, 0.29) is 76.7 Å². The predicted molar refractivity (Wildman–Crippen MR) is 69.4 cm³/mol. The van der Waals surface area contributed by atoms with E-state index in [4.69, 9.17) is 9.47 Å². The minimum atomic E-state index is -0.228. The first kappa shape index (κ1) is 22.0. The van der Waals surface area contributed by atoms with Crippen LogP contribution in [0.15, 0.2) is 0 Å². The standard InChI is InChI=1S/C13H25NO4.Rb/c1-4-6-14-12(15)10-17-7-5-8-18-13(16)9-11(2)3;/h11H,4-10H2,1-3H3,(H,14,15);/q;+1/p-1. The maximum Gasteiger partial charge on any atom is 1.00 e. The molecule has 0 radical (unpaired) electrons. The molecule has 0 heterocycles. The van der Waals surface area contributed by atoms with Gasteiger partial charge in [-0.1, -0.05) is 27.2 Å². The molecular weight excluding hydrogens is 320 g/mol. The van der Waals surface area contributed by atoms with E-state index in [1.54, 1.807) is 0 Å². The molecule has 1 amide bonds. The fourth-order valence-electron chi connectivity index (χ4n) is 1.18. The quantitative estimate of drug-likeness (QED) is 0.388. The van der Waals surface area contributed by atoms with Gasteiger partial charge < -0.3 is 19.6 Å². The first-order valence-electron chi connectivity index (χ1n) is 6.50. The first-order chi connectivity index (χ1) is 8.56. The minimum Gasteiger partial charge on any atom is -0.651 e. The smallest absolute Gasteiger partial charge is 0.651 e. The van der Waals surface area contributed by atoms with Gasteiger partial charge in [-0.15, -0.1) is 6.54 Å². The summed E-state index contributed by atoms with van der Waals surface area (Å²) in [6, 6.07) is 0. The molecule has 0 aromatic rings. The summed E-state index contributed by atoms with van der Waals surface area (Å²) in [5.74, 6) is -0.0979. The van der Waals surface area contributed by atoms with Crippen molar-refractivity contribution in [3.63, 3.8) is 0 Å². The SMILES string of the molecule is CCC[N-]C(=O)COCCCOC(=O)CC(C)C.[Rb+]. The largest absolute Gasteiger partial charge is 1.00 e. The Hall–Kier alpha value is 0.705. The molecule has 5 nitrogen and oxygen atoms in total. The van der Waals surface area contributed by atoms with Gasteiger partial charge in [-0.3, -0.25) is 4.79 Å². The fourth-order valence-corrected chi connectivity index (χ4v) is 1.18. The van der Waals surface area contributed by atoms with Crippen LogP contribution < -0.4 is 58.2 Å². The summed E-state index contributed by atoms with van der Waals surface area (Å²) in [5.41, 5.74) is 0. The summed E-state index contributed by atoms with van der Waals surface area (Å²) < 4.78 is 10.1. The van der Waals surface area contributed by atoms with Gasteiger partial charge in [0.2, 0.25) is 0 Å². The Balaban J connectivity index is 0. The molecule has 0 saturated carbocycles. The number of nitrogens with zero attached hydrogens (tertiary/aromatic N) is 1. The van der Waals surface area contributed by atoms with Crippen LogP contribution in [0.3, 0.4) is 0 Å². The second-order valence-corrected chi connectivity index (χ2v) is 4.50. The Labute approximate surface area is 165 Å². The van der Waals surface area contributed by atoms with Crippen molar-refractivity contribution in [2.75, 3.05) is 26.4 Å². The molecule has 6 heteroatoms. The molecule has 0 atom stereocenters. The van der Waals surface area contributed by atoms with Crippen LogP contribution in [0.4, 0.5) is 0 Å². The van der Waals surface area contributed by atoms with Crippen molar-refractivity contribution < 1.29 is 77.3 Å². The van der Waals surface area contributed by atoms with E-state index >= 15 is 0 Å². The molecule has 0 spiro atoms. The average Bonchev–Trinajstić information content (AvgIpc) is 2.30. The number of hydrogen-bond donors (Lipinski definition) is 0. The fraction of sp³-hybridized carbons (Fsp3) is 0.846. The maximum atomic E-state index is 11.2. The van der Waals surface area contributed by atoms with Crippen LogP contribution in [0, 0.1) is 5.92 Å². The molecule has 0 unspecified atom stereocenters. The number of ether oxygens (including phenoxy) is 2. The molecule has 0 aromatic heterocycles. The summed E-state index contributed by atoms with van der Waals surface area (Å²) in [6.45, 7) is 7.21. The van der Waals surface area contributed by atoms with E-state index in [0.717, 1.165) is 6.42 Å². The van der Waals surface area contributed by atoms with Gasteiger partial charge in [0, 0.05) is 12.8 Å². The van der Waals surface area contributed by atoms with E-state index in [0.29, 0.717) is 38.5 Å². The van der Waals surface area contributed by atoms with Gasteiger partial charge in [-0.2, -0.15) is 0 Å². The van der Waals surface area contributed by atoms with Gasteiger partial charge in [0.1, 0.15) is 0 Å². The van der Waals surface area contributed by atoms with Crippen molar-refractivity contribution in [3.05, 3.63) is 5.32 Å². The van der Waals surface area contributed by atoms with Crippen LogP contribution in [0.25, 0.3) is 5.32 Å². The summed E-state index contributed by atoms with van der Waals surface area (Å²) in [5, 5.41) is 3.77. The van der Waals surface area contributed by atoms with Crippen LogP contribution >= 0.6 is 0 Å². The number of carbonyl (C=O) groups is 2. The summed E-state index contributed by atoms with van der Waals surface area (Å²) in [7, 11) is 0. The maximum absolute atomic E-state index is 11.2. The molecule has 106 valence electrons.